The zero-order chi connectivity index (χ0) is 8.27. The molecule has 0 unspecified atom stereocenters. The molecule has 1 rings (SSSR count). The molecule has 0 aliphatic rings. The second-order valence-corrected chi connectivity index (χ2v) is 2.09. The van der Waals surface area contributed by atoms with Gasteiger partial charge in [0.05, 0.1) is 12.2 Å². The van der Waals surface area contributed by atoms with Crippen molar-refractivity contribution >= 4 is 5.97 Å². The van der Waals surface area contributed by atoms with Crippen LogP contribution in [0.15, 0.2) is 12.3 Å². The topological polar surface area (TPSA) is 65.9 Å². The van der Waals surface area contributed by atoms with E-state index in [0.29, 0.717) is 0 Å². The largest absolute Gasteiger partial charge is 1.00 e. The predicted octanol–water partition coefficient (Wildman–Crippen LogP) is -3.59. The van der Waals surface area contributed by atoms with Gasteiger partial charge in [0.25, 0.3) is 0 Å². The van der Waals surface area contributed by atoms with Crippen LogP contribution in [0, 0.1) is 0 Å². The molecule has 0 saturated heterocycles. The first kappa shape index (κ1) is 11.1. The van der Waals surface area contributed by atoms with Crippen molar-refractivity contribution in [3.8, 4) is 0 Å². The summed E-state index contributed by atoms with van der Waals surface area (Å²) in [7, 11) is 0. The van der Waals surface area contributed by atoms with Crippen LogP contribution in [0.2, 0.25) is 0 Å². The number of rotatable bonds is 2. The molecular formula is C7H7LiN2O2. The summed E-state index contributed by atoms with van der Waals surface area (Å²) in [6, 6.07) is 1.46. The van der Waals surface area contributed by atoms with E-state index in [1.165, 1.54) is 12.3 Å². The van der Waals surface area contributed by atoms with Crippen molar-refractivity contribution in [2.24, 2.45) is 0 Å². The van der Waals surface area contributed by atoms with Gasteiger partial charge >= 0.3 is 18.9 Å². The SMILES string of the molecule is CCc1cnnc(C(=O)[O-])c1.[Li+]. The Kier molecular flexibility index (Phi) is 4.56. The Morgan fingerprint density at radius 3 is 2.83 bits per heavy atom. The van der Waals surface area contributed by atoms with E-state index in [4.69, 9.17) is 0 Å². The van der Waals surface area contributed by atoms with E-state index in [1.807, 2.05) is 6.92 Å². The fourth-order valence-electron chi connectivity index (χ4n) is 0.700. The summed E-state index contributed by atoms with van der Waals surface area (Å²) in [4.78, 5) is 10.3. The monoisotopic (exact) mass is 158 g/mol. The van der Waals surface area contributed by atoms with Crippen molar-refractivity contribution < 1.29 is 28.8 Å². The van der Waals surface area contributed by atoms with Gasteiger partial charge in [-0.1, -0.05) is 6.92 Å². The number of carboxylic acids is 1. The molecule has 0 amide bonds. The number of aryl methyl sites for hydroxylation is 1. The summed E-state index contributed by atoms with van der Waals surface area (Å²) in [6.07, 6.45) is 2.28. The van der Waals surface area contributed by atoms with Crippen molar-refractivity contribution in [3.05, 3.63) is 23.5 Å². The van der Waals surface area contributed by atoms with E-state index in [1.54, 1.807) is 0 Å². The Balaban J connectivity index is 0.00000121. The van der Waals surface area contributed by atoms with Crippen molar-refractivity contribution in [2.75, 3.05) is 0 Å². The van der Waals surface area contributed by atoms with E-state index in [-0.39, 0.29) is 24.6 Å². The summed E-state index contributed by atoms with van der Waals surface area (Å²) in [5.74, 6) is -1.28. The second kappa shape index (κ2) is 4.91. The number of aromatic nitrogens is 2. The van der Waals surface area contributed by atoms with Crippen molar-refractivity contribution in [2.45, 2.75) is 13.3 Å². The maximum Gasteiger partial charge on any atom is 1.00 e. The Bertz CT molecular complexity index is 278. The maximum absolute atomic E-state index is 10.3. The molecule has 0 spiro atoms. The smallest absolute Gasteiger partial charge is 0.543 e. The van der Waals surface area contributed by atoms with Crippen LogP contribution in [0.5, 0.6) is 0 Å². The van der Waals surface area contributed by atoms with E-state index >= 15 is 0 Å². The molecule has 1 aromatic rings. The first-order valence-corrected chi connectivity index (χ1v) is 3.27. The Morgan fingerprint density at radius 2 is 2.33 bits per heavy atom. The minimum atomic E-state index is -1.28. The van der Waals surface area contributed by atoms with Crippen LogP contribution in [-0.4, -0.2) is 16.2 Å². The van der Waals surface area contributed by atoms with Gasteiger partial charge < -0.3 is 9.90 Å². The number of carboxylic acid groups (broad SMARTS) is 1. The second-order valence-electron chi connectivity index (χ2n) is 2.09. The fraction of sp³-hybridized carbons (Fsp3) is 0.286. The first-order valence-electron chi connectivity index (χ1n) is 3.27. The van der Waals surface area contributed by atoms with E-state index < -0.39 is 5.97 Å². The zero-order valence-corrected chi connectivity index (χ0v) is 7.07. The molecule has 0 atom stereocenters. The van der Waals surface area contributed by atoms with Gasteiger partial charge in [0.2, 0.25) is 0 Å². The van der Waals surface area contributed by atoms with Gasteiger partial charge in [0, 0.05) is 0 Å². The predicted molar refractivity (Wildman–Crippen MR) is 35.7 cm³/mol. The van der Waals surface area contributed by atoms with Crippen molar-refractivity contribution in [3.63, 3.8) is 0 Å². The van der Waals surface area contributed by atoms with Crippen LogP contribution in [0.4, 0.5) is 0 Å². The van der Waals surface area contributed by atoms with Crippen LogP contribution >= 0.6 is 0 Å². The molecule has 0 fully saturated rings. The number of aromatic carboxylic acids is 1. The summed E-state index contributed by atoms with van der Waals surface area (Å²) >= 11 is 0. The average Bonchev–Trinajstić information content (AvgIpc) is 2.05. The number of carbonyl (C=O) groups excluding carboxylic acids is 1. The van der Waals surface area contributed by atoms with Gasteiger partial charge in [-0.3, -0.25) is 0 Å². The Morgan fingerprint density at radius 1 is 1.67 bits per heavy atom. The number of nitrogens with zero attached hydrogens (tertiary/aromatic N) is 2. The summed E-state index contributed by atoms with van der Waals surface area (Å²) in [6.45, 7) is 1.91. The fourth-order valence-corrected chi connectivity index (χ4v) is 0.700. The molecule has 0 radical (unpaired) electrons. The van der Waals surface area contributed by atoms with Gasteiger partial charge in [-0.2, -0.15) is 5.10 Å². The van der Waals surface area contributed by atoms with Crippen molar-refractivity contribution in [1.29, 1.82) is 0 Å². The summed E-state index contributed by atoms with van der Waals surface area (Å²) < 4.78 is 0. The molecule has 0 saturated carbocycles. The first-order chi connectivity index (χ1) is 5.24. The van der Waals surface area contributed by atoms with E-state index in [0.717, 1.165) is 12.0 Å². The molecule has 5 heteroatoms. The molecule has 0 aromatic carbocycles. The van der Waals surface area contributed by atoms with Crippen LogP contribution in [0.3, 0.4) is 0 Å². The number of carbonyl (C=O) groups is 1. The third-order valence-corrected chi connectivity index (χ3v) is 1.33. The molecule has 0 bridgehead atoms. The Labute approximate surface area is 82.2 Å². The molecule has 0 aliphatic carbocycles. The van der Waals surface area contributed by atoms with Gasteiger partial charge in [-0.15, -0.1) is 5.10 Å². The molecule has 58 valence electrons. The number of hydrogen-bond acceptors (Lipinski definition) is 4. The third-order valence-electron chi connectivity index (χ3n) is 1.33. The maximum atomic E-state index is 10.3. The van der Waals surface area contributed by atoms with E-state index in [9.17, 15) is 9.90 Å². The molecular weight excluding hydrogens is 151 g/mol. The van der Waals surface area contributed by atoms with Gasteiger partial charge in [0.15, 0.2) is 0 Å². The van der Waals surface area contributed by atoms with Crippen LogP contribution in [0.1, 0.15) is 23.0 Å². The number of hydrogen-bond donors (Lipinski definition) is 0. The average molecular weight is 158 g/mol. The third kappa shape index (κ3) is 2.65. The minimum Gasteiger partial charge on any atom is -0.543 e. The van der Waals surface area contributed by atoms with Gasteiger partial charge in [-0.05, 0) is 18.1 Å². The van der Waals surface area contributed by atoms with Crippen LogP contribution < -0.4 is 24.0 Å². The molecule has 0 aliphatic heterocycles. The minimum absolute atomic E-state index is 0. The van der Waals surface area contributed by atoms with Gasteiger partial charge in [-0.25, -0.2) is 0 Å². The summed E-state index contributed by atoms with van der Waals surface area (Å²) in [5, 5.41) is 17.1. The van der Waals surface area contributed by atoms with Crippen LogP contribution in [-0.2, 0) is 6.42 Å². The molecule has 1 heterocycles. The Hall–Kier alpha value is -0.853. The zero-order valence-electron chi connectivity index (χ0n) is 7.07. The normalized spacial score (nSPS) is 8.75. The quantitative estimate of drug-likeness (QED) is 0.417. The van der Waals surface area contributed by atoms with Crippen LogP contribution in [0.25, 0.3) is 0 Å². The van der Waals surface area contributed by atoms with Crippen molar-refractivity contribution in [1.82, 2.24) is 10.2 Å². The standard InChI is InChI=1S/C7H8N2O2.Li/c1-2-5-3-6(7(10)11)9-8-4-5;/h3-4H,2H2,1H3,(H,10,11);/q;+1/p-1. The molecule has 12 heavy (non-hydrogen) atoms. The molecule has 1 aromatic heterocycles. The summed E-state index contributed by atoms with van der Waals surface area (Å²) in [5.41, 5.74) is 0.739. The van der Waals surface area contributed by atoms with Gasteiger partial charge in [0.1, 0.15) is 5.69 Å². The van der Waals surface area contributed by atoms with E-state index in [2.05, 4.69) is 10.2 Å². The molecule has 0 N–H and O–H groups in total. The molecule has 4 nitrogen and oxygen atoms in total.